The second-order valence-corrected chi connectivity index (χ2v) is 5.83. The first-order valence-corrected chi connectivity index (χ1v) is 7.82. The van der Waals surface area contributed by atoms with Crippen LogP contribution >= 0.6 is 11.3 Å². The van der Waals surface area contributed by atoms with Crippen LogP contribution in [0.2, 0.25) is 0 Å². The highest BCUT2D eigenvalue weighted by molar-refractivity contribution is 7.15. The molecule has 0 aromatic carbocycles. The van der Waals surface area contributed by atoms with Crippen LogP contribution in [0, 0.1) is 5.92 Å². The second kappa shape index (κ2) is 7.55. The van der Waals surface area contributed by atoms with Gasteiger partial charge in [-0.15, -0.1) is 10.2 Å². The number of carbonyl (C=O) groups is 1. The predicted molar refractivity (Wildman–Crippen MR) is 75.3 cm³/mol. The van der Waals surface area contributed by atoms with Crippen LogP contribution in [0.4, 0.5) is 5.13 Å². The van der Waals surface area contributed by atoms with E-state index >= 15 is 0 Å². The lowest BCUT2D eigenvalue weighted by Gasteiger charge is -2.19. The van der Waals surface area contributed by atoms with Gasteiger partial charge in [0.05, 0.1) is 6.61 Å². The van der Waals surface area contributed by atoms with Gasteiger partial charge in [0.15, 0.2) is 0 Å². The van der Waals surface area contributed by atoms with Gasteiger partial charge < -0.3 is 10.1 Å². The Balaban J connectivity index is 1.80. The van der Waals surface area contributed by atoms with Gasteiger partial charge in [0.25, 0.3) is 0 Å². The Kier molecular flexibility index (Phi) is 5.72. The molecule has 0 radical (unpaired) electrons. The largest absolute Gasteiger partial charge is 0.381 e. The number of carbonyl (C=O) groups excluding carboxylic acids is 1. The number of aromatic nitrogens is 2. The number of ether oxygens (including phenoxy) is 1. The zero-order valence-electron chi connectivity index (χ0n) is 11.4. The molecule has 1 aromatic rings. The minimum Gasteiger partial charge on any atom is -0.381 e. The van der Waals surface area contributed by atoms with E-state index in [2.05, 4.69) is 15.5 Å². The van der Waals surface area contributed by atoms with Crippen molar-refractivity contribution < 1.29 is 9.53 Å². The molecule has 6 heteroatoms. The monoisotopic (exact) mass is 283 g/mol. The Bertz CT molecular complexity index is 402. The lowest BCUT2D eigenvalue weighted by molar-refractivity contribution is -0.120. The molecule has 2 rings (SSSR count). The number of nitrogens with one attached hydrogen (secondary N) is 1. The van der Waals surface area contributed by atoms with Gasteiger partial charge in [-0.3, -0.25) is 4.79 Å². The van der Waals surface area contributed by atoms with Gasteiger partial charge in [0.2, 0.25) is 11.0 Å². The Morgan fingerprint density at radius 2 is 2.16 bits per heavy atom. The standard InChI is InChI=1S/C13H21N3O2S/c1-2-18-9-8-11-15-16-13(19-11)14-12(17)10-6-4-3-5-7-10/h10H,2-9H2,1H3,(H,14,16,17). The highest BCUT2D eigenvalue weighted by Crippen LogP contribution is 2.25. The molecule has 1 aromatic heterocycles. The van der Waals surface area contributed by atoms with Crippen LogP contribution in [-0.4, -0.2) is 29.3 Å². The fourth-order valence-electron chi connectivity index (χ4n) is 2.28. The number of anilines is 1. The summed E-state index contributed by atoms with van der Waals surface area (Å²) in [5.74, 6) is 0.261. The summed E-state index contributed by atoms with van der Waals surface area (Å²) in [7, 11) is 0. The van der Waals surface area contributed by atoms with Crippen molar-refractivity contribution in [3.63, 3.8) is 0 Å². The van der Waals surface area contributed by atoms with E-state index in [1.54, 1.807) is 0 Å². The van der Waals surface area contributed by atoms with Crippen molar-refractivity contribution in [1.82, 2.24) is 10.2 Å². The highest BCUT2D eigenvalue weighted by Gasteiger charge is 2.22. The molecule has 1 heterocycles. The second-order valence-electron chi connectivity index (χ2n) is 4.77. The van der Waals surface area contributed by atoms with Crippen LogP contribution in [0.5, 0.6) is 0 Å². The topological polar surface area (TPSA) is 64.1 Å². The molecule has 0 aliphatic heterocycles. The number of rotatable bonds is 6. The maximum Gasteiger partial charge on any atom is 0.229 e. The fourth-order valence-corrected chi connectivity index (χ4v) is 3.00. The molecule has 1 N–H and O–H groups in total. The van der Waals surface area contributed by atoms with Gasteiger partial charge in [-0.25, -0.2) is 0 Å². The normalized spacial score (nSPS) is 16.5. The van der Waals surface area contributed by atoms with Gasteiger partial charge in [0.1, 0.15) is 5.01 Å². The summed E-state index contributed by atoms with van der Waals surface area (Å²) < 4.78 is 5.27. The van der Waals surface area contributed by atoms with Crippen molar-refractivity contribution in [1.29, 1.82) is 0 Å². The molecule has 0 unspecified atom stereocenters. The van der Waals surface area contributed by atoms with E-state index in [0.29, 0.717) is 18.3 Å². The van der Waals surface area contributed by atoms with E-state index in [1.807, 2.05) is 6.92 Å². The van der Waals surface area contributed by atoms with Gasteiger partial charge in [-0.1, -0.05) is 30.6 Å². The number of amides is 1. The summed E-state index contributed by atoms with van der Waals surface area (Å²) in [4.78, 5) is 12.0. The Morgan fingerprint density at radius 3 is 2.89 bits per heavy atom. The fraction of sp³-hybridized carbons (Fsp3) is 0.769. The van der Waals surface area contributed by atoms with Crippen LogP contribution < -0.4 is 5.32 Å². The predicted octanol–water partition coefficient (Wildman–Crippen LogP) is 2.64. The average molecular weight is 283 g/mol. The van der Waals surface area contributed by atoms with Crippen molar-refractivity contribution in [2.45, 2.75) is 45.4 Å². The van der Waals surface area contributed by atoms with E-state index in [1.165, 1.54) is 17.8 Å². The Morgan fingerprint density at radius 1 is 1.37 bits per heavy atom. The summed E-state index contributed by atoms with van der Waals surface area (Å²) in [6, 6.07) is 0. The first-order chi connectivity index (χ1) is 9.29. The molecule has 1 aliphatic rings. The maximum atomic E-state index is 12.0. The summed E-state index contributed by atoms with van der Waals surface area (Å²) in [5, 5.41) is 12.5. The van der Waals surface area contributed by atoms with Crippen molar-refractivity contribution >= 4 is 22.4 Å². The molecule has 1 aliphatic carbocycles. The summed E-state index contributed by atoms with van der Waals surface area (Å²) in [5.41, 5.74) is 0. The molecule has 5 nitrogen and oxygen atoms in total. The number of hydrogen-bond acceptors (Lipinski definition) is 5. The maximum absolute atomic E-state index is 12.0. The zero-order chi connectivity index (χ0) is 13.5. The van der Waals surface area contributed by atoms with Crippen LogP contribution in [0.15, 0.2) is 0 Å². The third-order valence-corrected chi connectivity index (χ3v) is 4.24. The van der Waals surface area contributed by atoms with Crippen molar-refractivity contribution in [3.8, 4) is 0 Å². The van der Waals surface area contributed by atoms with Crippen LogP contribution in [0.1, 0.15) is 44.0 Å². The third kappa shape index (κ3) is 4.54. The minimum atomic E-state index is 0.104. The van der Waals surface area contributed by atoms with Gasteiger partial charge >= 0.3 is 0 Å². The molecular formula is C13H21N3O2S. The molecule has 0 bridgehead atoms. The van der Waals surface area contributed by atoms with Crippen molar-refractivity contribution in [2.24, 2.45) is 5.92 Å². The molecule has 0 saturated heterocycles. The summed E-state index contributed by atoms with van der Waals surface area (Å²) in [6.45, 7) is 3.34. The minimum absolute atomic E-state index is 0.104. The van der Waals surface area contributed by atoms with Crippen LogP contribution in [0.3, 0.4) is 0 Å². The smallest absolute Gasteiger partial charge is 0.229 e. The van der Waals surface area contributed by atoms with Crippen molar-refractivity contribution in [2.75, 3.05) is 18.5 Å². The van der Waals surface area contributed by atoms with E-state index in [-0.39, 0.29) is 11.8 Å². The van der Waals surface area contributed by atoms with Crippen LogP contribution in [0.25, 0.3) is 0 Å². The van der Waals surface area contributed by atoms with Crippen molar-refractivity contribution in [3.05, 3.63) is 5.01 Å². The lowest BCUT2D eigenvalue weighted by atomic mass is 9.89. The first kappa shape index (κ1) is 14.4. The van der Waals surface area contributed by atoms with Crippen LogP contribution in [-0.2, 0) is 16.0 Å². The molecule has 1 saturated carbocycles. The Labute approximate surface area is 117 Å². The highest BCUT2D eigenvalue weighted by atomic mass is 32.1. The van der Waals surface area contributed by atoms with Gasteiger partial charge in [-0.05, 0) is 19.8 Å². The van der Waals surface area contributed by atoms with E-state index < -0.39 is 0 Å². The molecule has 1 amide bonds. The zero-order valence-corrected chi connectivity index (χ0v) is 12.2. The lowest BCUT2D eigenvalue weighted by Crippen LogP contribution is -2.24. The quantitative estimate of drug-likeness (QED) is 0.815. The number of hydrogen-bond donors (Lipinski definition) is 1. The van der Waals surface area contributed by atoms with E-state index in [4.69, 9.17) is 4.74 Å². The van der Waals surface area contributed by atoms with E-state index in [0.717, 1.165) is 37.1 Å². The SMILES string of the molecule is CCOCCc1nnc(NC(=O)C2CCCCC2)s1. The summed E-state index contributed by atoms with van der Waals surface area (Å²) in [6.07, 6.45) is 6.33. The molecular weight excluding hydrogens is 262 g/mol. The third-order valence-electron chi connectivity index (χ3n) is 3.34. The van der Waals surface area contributed by atoms with Gasteiger partial charge in [-0.2, -0.15) is 0 Å². The Hall–Kier alpha value is -1.01. The molecule has 106 valence electrons. The first-order valence-electron chi connectivity index (χ1n) is 7.00. The van der Waals surface area contributed by atoms with E-state index in [9.17, 15) is 4.79 Å². The summed E-state index contributed by atoms with van der Waals surface area (Å²) >= 11 is 1.44. The molecule has 0 spiro atoms. The average Bonchev–Trinajstić information content (AvgIpc) is 2.88. The molecule has 1 fully saturated rings. The van der Waals surface area contributed by atoms with Gasteiger partial charge in [0, 0.05) is 18.9 Å². The molecule has 19 heavy (non-hydrogen) atoms. The molecule has 0 atom stereocenters. The number of nitrogens with zero attached hydrogens (tertiary/aromatic N) is 2.